The van der Waals surface area contributed by atoms with Crippen LogP contribution in [0, 0.1) is 5.82 Å². The monoisotopic (exact) mass is 387 g/mol. The molecule has 0 saturated carbocycles. The van der Waals surface area contributed by atoms with Crippen LogP contribution in [-0.4, -0.2) is 33.1 Å². The number of ether oxygens (including phenoxy) is 1. The van der Waals surface area contributed by atoms with Gasteiger partial charge in [0.25, 0.3) is 0 Å². The van der Waals surface area contributed by atoms with Crippen molar-refractivity contribution in [1.29, 1.82) is 0 Å². The van der Waals surface area contributed by atoms with Gasteiger partial charge in [-0.2, -0.15) is 0 Å². The van der Waals surface area contributed by atoms with Crippen molar-refractivity contribution in [2.45, 2.75) is 12.1 Å². The molecule has 3 aromatic rings. The minimum atomic E-state index is -0.491. The number of nitrogen functional groups attached to an aromatic ring is 1. The summed E-state index contributed by atoms with van der Waals surface area (Å²) in [4.78, 5) is 12.0. The zero-order valence-corrected chi connectivity index (χ0v) is 15.4. The Hall–Kier alpha value is -3.07. The van der Waals surface area contributed by atoms with Crippen molar-refractivity contribution >= 4 is 23.4 Å². The molecule has 7 nitrogen and oxygen atoms in total. The fourth-order valence-corrected chi connectivity index (χ4v) is 3.00. The molecule has 140 valence electrons. The highest BCUT2D eigenvalue weighted by atomic mass is 32.2. The van der Waals surface area contributed by atoms with Crippen LogP contribution in [0.25, 0.3) is 11.4 Å². The van der Waals surface area contributed by atoms with Crippen molar-refractivity contribution in [3.05, 3.63) is 54.3 Å². The lowest BCUT2D eigenvalue weighted by Gasteiger charge is -2.07. The number of carbonyl (C=O) groups excluding carboxylic acids is 1. The molecule has 0 bridgehead atoms. The molecule has 0 radical (unpaired) electrons. The quantitative estimate of drug-likeness (QED) is 0.478. The Kier molecular flexibility index (Phi) is 5.92. The number of hydrogen-bond acceptors (Lipinski definition) is 6. The molecule has 9 heteroatoms. The minimum Gasteiger partial charge on any atom is -0.494 e. The van der Waals surface area contributed by atoms with Gasteiger partial charge in [0.1, 0.15) is 11.6 Å². The number of nitrogens with one attached hydrogen (secondary N) is 1. The van der Waals surface area contributed by atoms with Crippen LogP contribution in [0.4, 0.5) is 10.1 Å². The molecule has 0 aliphatic rings. The van der Waals surface area contributed by atoms with Crippen LogP contribution in [0.3, 0.4) is 0 Å². The van der Waals surface area contributed by atoms with Crippen LogP contribution in [0.5, 0.6) is 5.75 Å². The van der Waals surface area contributed by atoms with Gasteiger partial charge in [0.15, 0.2) is 5.82 Å². The average Bonchev–Trinajstić information content (AvgIpc) is 3.03. The summed E-state index contributed by atoms with van der Waals surface area (Å²) >= 11 is 1.11. The molecular weight excluding hydrogens is 369 g/mol. The average molecular weight is 387 g/mol. The fraction of sp³-hybridized carbons (Fsp3) is 0.167. The van der Waals surface area contributed by atoms with Gasteiger partial charge in [-0.05, 0) is 31.2 Å². The summed E-state index contributed by atoms with van der Waals surface area (Å²) in [7, 11) is 0. The van der Waals surface area contributed by atoms with Gasteiger partial charge in [0.2, 0.25) is 11.1 Å². The van der Waals surface area contributed by atoms with Crippen molar-refractivity contribution < 1.29 is 13.9 Å². The number of aromatic nitrogens is 3. The van der Waals surface area contributed by atoms with Gasteiger partial charge in [-0.1, -0.05) is 36.0 Å². The summed E-state index contributed by atoms with van der Waals surface area (Å²) in [6.07, 6.45) is 0. The molecule has 27 heavy (non-hydrogen) atoms. The second-order valence-electron chi connectivity index (χ2n) is 5.45. The van der Waals surface area contributed by atoms with Gasteiger partial charge >= 0.3 is 0 Å². The Morgan fingerprint density at radius 3 is 2.85 bits per heavy atom. The molecule has 2 aromatic carbocycles. The number of hydrogen-bond donors (Lipinski definition) is 2. The zero-order valence-electron chi connectivity index (χ0n) is 14.6. The number of benzene rings is 2. The van der Waals surface area contributed by atoms with Gasteiger partial charge < -0.3 is 15.9 Å². The molecule has 0 atom stereocenters. The van der Waals surface area contributed by atoms with Gasteiger partial charge in [-0.3, -0.25) is 4.79 Å². The van der Waals surface area contributed by atoms with E-state index in [-0.39, 0.29) is 17.3 Å². The summed E-state index contributed by atoms with van der Waals surface area (Å²) in [5.41, 5.74) is 0.879. The van der Waals surface area contributed by atoms with Gasteiger partial charge in [-0.15, -0.1) is 10.2 Å². The van der Waals surface area contributed by atoms with E-state index in [0.29, 0.717) is 23.3 Å². The predicted octanol–water partition coefficient (Wildman–Crippen LogP) is 2.93. The van der Waals surface area contributed by atoms with Gasteiger partial charge in [0.05, 0.1) is 18.0 Å². The van der Waals surface area contributed by atoms with Crippen LogP contribution in [0.2, 0.25) is 0 Å². The van der Waals surface area contributed by atoms with Crippen LogP contribution in [0.1, 0.15) is 6.92 Å². The minimum absolute atomic E-state index is 0.0165. The second kappa shape index (κ2) is 8.54. The van der Waals surface area contributed by atoms with Gasteiger partial charge in [0, 0.05) is 5.56 Å². The summed E-state index contributed by atoms with van der Waals surface area (Å²) in [6.45, 7) is 2.45. The van der Waals surface area contributed by atoms with E-state index in [2.05, 4.69) is 15.5 Å². The molecule has 0 aliphatic heterocycles. The van der Waals surface area contributed by atoms with Crippen LogP contribution < -0.4 is 15.9 Å². The number of amides is 1. The Morgan fingerprint density at radius 1 is 1.26 bits per heavy atom. The second-order valence-corrected chi connectivity index (χ2v) is 6.40. The molecule has 0 aliphatic carbocycles. The van der Waals surface area contributed by atoms with Crippen molar-refractivity contribution in [3.63, 3.8) is 0 Å². The van der Waals surface area contributed by atoms with Gasteiger partial charge in [-0.25, -0.2) is 9.07 Å². The maximum atomic E-state index is 13.6. The molecule has 0 saturated heterocycles. The van der Waals surface area contributed by atoms with E-state index in [1.54, 1.807) is 12.1 Å². The first kappa shape index (κ1) is 18.7. The number of carbonyl (C=O) groups is 1. The molecule has 0 spiro atoms. The van der Waals surface area contributed by atoms with E-state index >= 15 is 0 Å². The van der Waals surface area contributed by atoms with E-state index < -0.39 is 5.82 Å². The number of halogens is 1. The van der Waals surface area contributed by atoms with Crippen LogP contribution >= 0.6 is 11.8 Å². The predicted molar refractivity (Wildman–Crippen MR) is 103 cm³/mol. The summed E-state index contributed by atoms with van der Waals surface area (Å²) in [6, 6.07) is 13.3. The Morgan fingerprint density at radius 2 is 2.07 bits per heavy atom. The van der Waals surface area contributed by atoms with E-state index in [0.717, 1.165) is 17.3 Å². The molecule has 0 unspecified atom stereocenters. The van der Waals surface area contributed by atoms with Crippen molar-refractivity contribution in [2.75, 3.05) is 23.5 Å². The van der Waals surface area contributed by atoms with E-state index in [9.17, 15) is 9.18 Å². The van der Waals surface area contributed by atoms with Crippen LogP contribution in [0.15, 0.2) is 53.7 Å². The SMILES string of the molecule is CCOc1cccc(-c2nnc(SCC(=O)Nc3ccccc3F)n2N)c1. The lowest BCUT2D eigenvalue weighted by molar-refractivity contribution is -0.113. The normalized spacial score (nSPS) is 10.6. The van der Waals surface area contributed by atoms with Crippen molar-refractivity contribution in [2.24, 2.45) is 0 Å². The standard InChI is InChI=1S/C18H18FN5O2S/c1-2-26-13-7-5-6-12(10-13)17-22-23-18(24(17)20)27-11-16(25)21-15-9-4-3-8-14(15)19/h3-10H,2,11,20H2,1H3,(H,21,25). The van der Waals surface area contributed by atoms with E-state index in [1.165, 1.54) is 16.8 Å². The third kappa shape index (κ3) is 4.56. The Balaban J connectivity index is 1.66. The lowest BCUT2D eigenvalue weighted by Crippen LogP contribution is -2.17. The number of thioether (sulfide) groups is 1. The van der Waals surface area contributed by atoms with E-state index in [1.807, 2.05) is 31.2 Å². The third-order valence-electron chi connectivity index (χ3n) is 3.55. The summed E-state index contributed by atoms with van der Waals surface area (Å²) in [5.74, 6) is 6.38. The zero-order chi connectivity index (χ0) is 19.2. The van der Waals surface area contributed by atoms with Crippen molar-refractivity contribution in [1.82, 2.24) is 14.9 Å². The summed E-state index contributed by atoms with van der Waals surface area (Å²) < 4.78 is 20.4. The molecule has 3 N–H and O–H groups in total. The van der Waals surface area contributed by atoms with Crippen LogP contribution in [-0.2, 0) is 4.79 Å². The summed E-state index contributed by atoms with van der Waals surface area (Å²) in [5, 5.41) is 11.0. The first-order chi connectivity index (χ1) is 13.1. The smallest absolute Gasteiger partial charge is 0.234 e. The molecule has 1 amide bonds. The highest BCUT2D eigenvalue weighted by Gasteiger charge is 2.15. The first-order valence-corrected chi connectivity index (χ1v) is 9.18. The molecule has 0 fully saturated rings. The molecule has 1 heterocycles. The van der Waals surface area contributed by atoms with E-state index in [4.69, 9.17) is 10.6 Å². The topological polar surface area (TPSA) is 95.1 Å². The Bertz CT molecular complexity index is 947. The maximum absolute atomic E-state index is 13.6. The highest BCUT2D eigenvalue weighted by molar-refractivity contribution is 7.99. The lowest BCUT2D eigenvalue weighted by atomic mass is 10.2. The number of rotatable bonds is 7. The maximum Gasteiger partial charge on any atom is 0.234 e. The molecular formula is C18H18FN5O2S. The first-order valence-electron chi connectivity index (χ1n) is 8.19. The number of nitrogens with zero attached hydrogens (tertiary/aromatic N) is 3. The fourth-order valence-electron chi connectivity index (χ4n) is 2.34. The largest absolute Gasteiger partial charge is 0.494 e. The third-order valence-corrected chi connectivity index (χ3v) is 4.49. The number of nitrogens with two attached hydrogens (primary N) is 1. The molecule has 1 aromatic heterocycles. The number of para-hydroxylation sites is 1. The Labute approximate surface area is 159 Å². The number of anilines is 1. The van der Waals surface area contributed by atoms with Crippen molar-refractivity contribution in [3.8, 4) is 17.1 Å². The highest BCUT2D eigenvalue weighted by Crippen LogP contribution is 2.25. The molecule has 3 rings (SSSR count).